The molecule has 1 aliphatic rings. The van der Waals surface area contributed by atoms with Gasteiger partial charge in [0.1, 0.15) is 5.58 Å². The van der Waals surface area contributed by atoms with Crippen molar-refractivity contribution in [3.05, 3.63) is 45.1 Å². The van der Waals surface area contributed by atoms with Gasteiger partial charge in [-0.3, -0.25) is 10.1 Å². The number of hydrogen-bond donors (Lipinski definition) is 1. The van der Waals surface area contributed by atoms with Gasteiger partial charge in [0.25, 0.3) is 5.91 Å². The van der Waals surface area contributed by atoms with Crippen molar-refractivity contribution in [2.75, 3.05) is 5.32 Å². The molecule has 4 rings (SSSR count). The number of amides is 1. The van der Waals surface area contributed by atoms with Gasteiger partial charge in [-0.2, -0.15) is 0 Å². The van der Waals surface area contributed by atoms with E-state index in [1.807, 2.05) is 13.0 Å². The number of carbonyl (C=O) groups is 1. The van der Waals surface area contributed by atoms with Crippen LogP contribution in [-0.2, 0) is 12.8 Å². The lowest BCUT2D eigenvalue weighted by atomic mass is 9.93. The third kappa shape index (κ3) is 2.72. The molecule has 1 aliphatic carbocycles. The minimum atomic E-state index is -0.265. The molecule has 0 saturated carbocycles. The van der Waals surface area contributed by atoms with E-state index in [9.17, 15) is 4.79 Å². The van der Waals surface area contributed by atoms with Crippen LogP contribution in [0.2, 0.25) is 5.02 Å². The molecule has 0 bridgehead atoms. The number of carbonyl (C=O) groups excluding carboxylic acids is 1. The normalized spacial score (nSPS) is 17.0. The maximum atomic E-state index is 12.6. The molecule has 24 heavy (non-hydrogen) atoms. The summed E-state index contributed by atoms with van der Waals surface area (Å²) in [6.07, 6.45) is 3.20. The van der Waals surface area contributed by atoms with E-state index < -0.39 is 0 Å². The number of benzene rings is 1. The Morgan fingerprint density at radius 1 is 1.46 bits per heavy atom. The van der Waals surface area contributed by atoms with Crippen molar-refractivity contribution in [3.63, 3.8) is 0 Å². The molecule has 1 aromatic carbocycles. The zero-order chi connectivity index (χ0) is 16.8. The van der Waals surface area contributed by atoms with Crippen LogP contribution < -0.4 is 5.32 Å². The zero-order valence-electron chi connectivity index (χ0n) is 13.5. The number of thiazole rings is 1. The standard InChI is InChI=1S/C18H17ClN2O2S/c1-9-3-5-13-15(7-9)24-18(20-13)21-17(22)16-10(2)12-8-11(19)4-6-14(12)23-16/h4,6,8-9H,3,5,7H2,1-2H3,(H,20,21,22). The van der Waals surface area contributed by atoms with Crippen molar-refractivity contribution in [1.82, 2.24) is 4.98 Å². The van der Waals surface area contributed by atoms with E-state index in [1.165, 1.54) is 4.88 Å². The van der Waals surface area contributed by atoms with Crippen molar-refractivity contribution in [2.24, 2.45) is 5.92 Å². The molecule has 0 fully saturated rings. The number of fused-ring (bicyclic) bond motifs is 2. The topological polar surface area (TPSA) is 55.1 Å². The minimum Gasteiger partial charge on any atom is -0.451 e. The molecular weight excluding hydrogens is 344 g/mol. The fourth-order valence-electron chi connectivity index (χ4n) is 3.16. The number of aromatic nitrogens is 1. The highest BCUT2D eigenvalue weighted by Gasteiger charge is 2.23. The van der Waals surface area contributed by atoms with Crippen LogP contribution in [0, 0.1) is 12.8 Å². The van der Waals surface area contributed by atoms with Gasteiger partial charge in [0.2, 0.25) is 0 Å². The SMILES string of the molecule is Cc1c(C(=O)Nc2nc3c(s2)CC(C)CC3)oc2ccc(Cl)cc12. The molecule has 0 spiro atoms. The average molecular weight is 361 g/mol. The van der Waals surface area contributed by atoms with Gasteiger partial charge in [0.05, 0.1) is 5.69 Å². The van der Waals surface area contributed by atoms with Crippen LogP contribution in [0.15, 0.2) is 22.6 Å². The van der Waals surface area contributed by atoms with Gasteiger partial charge in [-0.05, 0) is 50.3 Å². The molecule has 2 aromatic heterocycles. The Morgan fingerprint density at radius 3 is 3.12 bits per heavy atom. The summed E-state index contributed by atoms with van der Waals surface area (Å²) >= 11 is 7.60. The first kappa shape index (κ1) is 15.7. The number of nitrogens with one attached hydrogen (secondary N) is 1. The Kier molecular flexibility index (Phi) is 3.85. The van der Waals surface area contributed by atoms with Crippen LogP contribution >= 0.6 is 22.9 Å². The van der Waals surface area contributed by atoms with Crippen LogP contribution in [0.3, 0.4) is 0 Å². The van der Waals surface area contributed by atoms with Crippen molar-refractivity contribution < 1.29 is 9.21 Å². The van der Waals surface area contributed by atoms with Gasteiger partial charge >= 0.3 is 0 Å². The van der Waals surface area contributed by atoms with Gasteiger partial charge < -0.3 is 4.42 Å². The number of aryl methyl sites for hydroxylation is 2. The van der Waals surface area contributed by atoms with Crippen LogP contribution in [-0.4, -0.2) is 10.9 Å². The van der Waals surface area contributed by atoms with E-state index in [4.69, 9.17) is 16.0 Å². The quantitative estimate of drug-likeness (QED) is 0.680. The summed E-state index contributed by atoms with van der Waals surface area (Å²) in [5.41, 5.74) is 2.58. The summed E-state index contributed by atoms with van der Waals surface area (Å²) in [5, 5.41) is 5.02. The molecule has 0 saturated heterocycles. The fourth-order valence-corrected chi connectivity index (χ4v) is 4.50. The van der Waals surface area contributed by atoms with Gasteiger partial charge in [0, 0.05) is 20.8 Å². The smallest absolute Gasteiger partial charge is 0.293 e. The predicted octanol–water partition coefficient (Wildman–Crippen LogP) is 5.23. The number of rotatable bonds is 2. The second-order valence-electron chi connectivity index (χ2n) is 6.39. The highest BCUT2D eigenvalue weighted by Crippen LogP contribution is 2.33. The number of halogens is 1. The van der Waals surface area contributed by atoms with Crippen LogP contribution in [0.5, 0.6) is 0 Å². The second-order valence-corrected chi connectivity index (χ2v) is 7.91. The molecule has 0 aliphatic heterocycles. The van der Waals surface area contributed by atoms with E-state index in [2.05, 4.69) is 17.2 Å². The Bertz CT molecular complexity index is 944. The third-order valence-corrected chi connectivity index (χ3v) is 5.78. The molecule has 2 heterocycles. The first-order chi connectivity index (χ1) is 11.5. The van der Waals surface area contributed by atoms with Gasteiger partial charge in [0.15, 0.2) is 10.9 Å². The van der Waals surface area contributed by atoms with Crippen molar-refractivity contribution >= 4 is 44.9 Å². The van der Waals surface area contributed by atoms with Crippen molar-refractivity contribution in [3.8, 4) is 0 Å². The molecule has 6 heteroatoms. The third-order valence-electron chi connectivity index (χ3n) is 4.51. The molecule has 1 amide bonds. The van der Waals surface area contributed by atoms with Crippen molar-refractivity contribution in [1.29, 1.82) is 0 Å². The fraction of sp³-hybridized carbons (Fsp3) is 0.333. The molecule has 124 valence electrons. The molecule has 1 unspecified atom stereocenters. The molecule has 1 N–H and O–H groups in total. The average Bonchev–Trinajstić information content (AvgIpc) is 3.08. The number of nitrogens with zero attached hydrogens (tertiary/aromatic N) is 1. The van der Waals surface area contributed by atoms with E-state index in [0.29, 0.717) is 27.4 Å². The van der Waals surface area contributed by atoms with Gasteiger partial charge in [-0.25, -0.2) is 4.98 Å². The predicted molar refractivity (Wildman–Crippen MR) is 97.2 cm³/mol. The lowest BCUT2D eigenvalue weighted by Gasteiger charge is -2.15. The van der Waals surface area contributed by atoms with Crippen molar-refractivity contribution in [2.45, 2.75) is 33.1 Å². The van der Waals surface area contributed by atoms with Crippen LogP contribution in [0.1, 0.15) is 40.0 Å². The Labute approximate surface area is 148 Å². The monoisotopic (exact) mass is 360 g/mol. The lowest BCUT2D eigenvalue weighted by molar-refractivity contribution is 0.0998. The van der Waals surface area contributed by atoms with Crippen LogP contribution in [0.25, 0.3) is 11.0 Å². The summed E-state index contributed by atoms with van der Waals surface area (Å²) in [6, 6.07) is 5.35. The van der Waals surface area contributed by atoms with Gasteiger partial charge in [-0.15, -0.1) is 11.3 Å². The largest absolute Gasteiger partial charge is 0.451 e. The molecule has 1 atom stereocenters. The van der Waals surface area contributed by atoms with Gasteiger partial charge in [-0.1, -0.05) is 18.5 Å². The van der Waals surface area contributed by atoms with Crippen LogP contribution in [0.4, 0.5) is 5.13 Å². The van der Waals surface area contributed by atoms with E-state index in [-0.39, 0.29) is 5.91 Å². The number of anilines is 1. The first-order valence-electron chi connectivity index (χ1n) is 8.00. The maximum absolute atomic E-state index is 12.6. The highest BCUT2D eigenvalue weighted by atomic mass is 35.5. The molecule has 0 radical (unpaired) electrons. The Hall–Kier alpha value is -1.85. The number of hydrogen-bond acceptors (Lipinski definition) is 4. The summed E-state index contributed by atoms with van der Waals surface area (Å²) in [7, 11) is 0. The molecule has 3 aromatic rings. The Morgan fingerprint density at radius 2 is 2.29 bits per heavy atom. The zero-order valence-corrected chi connectivity index (χ0v) is 15.1. The maximum Gasteiger partial charge on any atom is 0.293 e. The van der Waals surface area contributed by atoms with E-state index in [0.717, 1.165) is 35.9 Å². The number of furan rings is 1. The second kappa shape index (κ2) is 5.90. The molecule has 4 nitrogen and oxygen atoms in total. The summed E-state index contributed by atoms with van der Waals surface area (Å²) in [6.45, 7) is 4.12. The van der Waals surface area contributed by atoms with E-state index in [1.54, 1.807) is 23.5 Å². The summed E-state index contributed by atoms with van der Waals surface area (Å²) in [5.74, 6) is 0.733. The summed E-state index contributed by atoms with van der Waals surface area (Å²) in [4.78, 5) is 18.5. The first-order valence-corrected chi connectivity index (χ1v) is 9.19. The van der Waals surface area contributed by atoms with E-state index >= 15 is 0 Å². The molecular formula is C18H17ClN2O2S. The Balaban J connectivity index is 1.62. The highest BCUT2D eigenvalue weighted by molar-refractivity contribution is 7.15. The lowest BCUT2D eigenvalue weighted by Crippen LogP contribution is -2.12. The minimum absolute atomic E-state index is 0.265. The summed E-state index contributed by atoms with van der Waals surface area (Å²) < 4.78 is 5.71.